The number of hydrogen-bond donors (Lipinski definition) is 1. The Morgan fingerprint density at radius 2 is 2.00 bits per heavy atom. The molecule has 0 atom stereocenters. The molecule has 2 aromatic heterocycles. The van der Waals surface area contributed by atoms with E-state index in [4.69, 9.17) is 0 Å². The van der Waals surface area contributed by atoms with Crippen LogP contribution in [0.15, 0.2) is 23.7 Å². The molecule has 1 fully saturated rings. The highest BCUT2D eigenvalue weighted by Gasteiger charge is 2.37. The van der Waals surface area contributed by atoms with Gasteiger partial charge in [-0.1, -0.05) is 6.07 Å². The van der Waals surface area contributed by atoms with Gasteiger partial charge in [-0.3, -0.25) is 9.78 Å². The summed E-state index contributed by atoms with van der Waals surface area (Å²) in [7, 11) is 0. The van der Waals surface area contributed by atoms with Gasteiger partial charge in [0.2, 0.25) is 0 Å². The number of hydrogen-bond acceptors (Lipinski definition) is 4. The van der Waals surface area contributed by atoms with Gasteiger partial charge < -0.3 is 10.0 Å². The van der Waals surface area contributed by atoms with Gasteiger partial charge >= 0.3 is 0 Å². The van der Waals surface area contributed by atoms with E-state index < -0.39 is 5.60 Å². The molecule has 0 spiro atoms. The van der Waals surface area contributed by atoms with Gasteiger partial charge in [-0.05, 0) is 62.6 Å². The van der Waals surface area contributed by atoms with Crippen LogP contribution in [-0.2, 0) is 18.4 Å². The van der Waals surface area contributed by atoms with E-state index in [2.05, 4.69) is 4.98 Å². The molecule has 25 heavy (non-hydrogen) atoms. The molecule has 0 saturated carbocycles. The molecule has 1 amide bonds. The van der Waals surface area contributed by atoms with Crippen LogP contribution in [0.2, 0.25) is 0 Å². The number of fused-ring (bicyclic) bond motifs is 1. The highest BCUT2D eigenvalue weighted by molar-refractivity contribution is 7.10. The largest absolute Gasteiger partial charge is 0.383 e. The molecule has 1 aliphatic carbocycles. The molecular weight excluding hydrogens is 332 g/mol. The maximum absolute atomic E-state index is 13.0. The van der Waals surface area contributed by atoms with Gasteiger partial charge in [0.15, 0.2) is 0 Å². The lowest BCUT2D eigenvalue weighted by atomic mass is 9.87. The molecular formula is C20H24N2O2S. The van der Waals surface area contributed by atoms with Crippen LogP contribution < -0.4 is 0 Å². The zero-order valence-electron chi connectivity index (χ0n) is 14.6. The molecule has 0 aromatic carbocycles. The SMILES string of the molecule is Cc1ccc(C2(O)CCN(C(=O)c3csc4c3CCCC4)CC2)nc1. The van der Waals surface area contributed by atoms with Crippen molar-refractivity contribution in [1.29, 1.82) is 0 Å². The van der Waals surface area contributed by atoms with Gasteiger partial charge in [0.05, 0.1) is 11.3 Å². The zero-order valence-corrected chi connectivity index (χ0v) is 15.4. The normalized spacial score (nSPS) is 19.5. The van der Waals surface area contributed by atoms with E-state index in [-0.39, 0.29) is 5.91 Å². The maximum atomic E-state index is 13.0. The fourth-order valence-corrected chi connectivity index (χ4v) is 5.04. The predicted molar refractivity (Wildman–Crippen MR) is 99.0 cm³/mol. The summed E-state index contributed by atoms with van der Waals surface area (Å²) in [5, 5.41) is 13.0. The number of aliphatic hydroxyl groups is 1. The Morgan fingerprint density at radius 1 is 1.24 bits per heavy atom. The Labute approximate surface area is 152 Å². The molecule has 4 nitrogen and oxygen atoms in total. The second-order valence-corrected chi connectivity index (χ2v) is 8.27. The van der Waals surface area contributed by atoms with Crippen LogP contribution in [0.3, 0.4) is 0 Å². The van der Waals surface area contributed by atoms with Gasteiger partial charge in [-0.2, -0.15) is 0 Å². The van der Waals surface area contributed by atoms with Crippen molar-refractivity contribution in [2.45, 2.75) is 51.0 Å². The third kappa shape index (κ3) is 3.11. The average Bonchev–Trinajstić information content (AvgIpc) is 3.06. The lowest BCUT2D eigenvalue weighted by Gasteiger charge is -2.38. The van der Waals surface area contributed by atoms with Gasteiger partial charge in [-0.25, -0.2) is 0 Å². The monoisotopic (exact) mass is 356 g/mol. The minimum atomic E-state index is -0.918. The lowest BCUT2D eigenvalue weighted by Crippen LogP contribution is -2.45. The zero-order chi connectivity index (χ0) is 17.4. The topological polar surface area (TPSA) is 53.4 Å². The van der Waals surface area contributed by atoms with Gasteiger partial charge in [0, 0.05) is 29.5 Å². The Balaban J connectivity index is 1.47. The van der Waals surface area contributed by atoms with E-state index in [1.165, 1.54) is 23.3 Å². The Kier molecular flexibility index (Phi) is 4.38. The predicted octanol–water partition coefficient (Wildman–Crippen LogP) is 3.45. The molecule has 0 unspecified atom stereocenters. The lowest BCUT2D eigenvalue weighted by molar-refractivity contribution is -0.0244. The smallest absolute Gasteiger partial charge is 0.254 e. The van der Waals surface area contributed by atoms with Crippen LogP contribution in [0.4, 0.5) is 0 Å². The maximum Gasteiger partial charge on any atom is 0.254 e. The molecule has 132 valence electrons. The molecule has 1 saturated heterocycles. The summed E-state index contributed by atoms with van der Waals surface area (Å²) in [6, 6.07) is 3.89. The van der Waals surface area contributed by atoms with Crippen LogP contribution in [0.5, 0.6) is 0 Å². The fourth-order valence-electron chi connectivity index (χ4n) is 3.92. The molecule has 5 heteroatoms. The van der Waals surface area contributed by atoms with Crippen molar-refractivity contribution < 1.29 is 9.90 Å². The molecule has 1 N–H and O–H groups in total. The van der Waals surface area contributed by atoms with Crippen LogP contribution in [0.1, 0.15) is 57.7 Å². The standard InChI is InChI=1S/C20H24N2O2S/c1-14-6-7-18(21-12-14)20(24)8-10-22(11-9-20)19(23)16-13-25-17-5-3-2-4-15(16)17/h6-7,12-13,24H,2-5,8-11H2,1H3. The summed E-state index contributed by atoms with van der Waals surface area (Å²) in [6.07, 6.45) is 7.45. The minimum absolute atomic E-state index is 0.137. The Morgan fingerprint density at radius 3 is 2.72 bits per heavy atom. The summed E-state index contributed by atoms with van der Waals surface area (Å²) in [4.78, 5) is 20.7. The van der Waals surface area contributed by atoms with Crippen molar-refractivity contribution in [1.82, 2.24) is 9.88 Å². The van der Waals surface area contributed by atoms with Gasteiger partial charge in [-0.15, -0.1) is 11.3 Å². The highest BCUT2D eigenvalue weighted by Crippen LogP contribution is 2.34. The number of pyridine rings is 1. The van der Waals surface area contributed by atoms with Crippen molar-refractivity contribution in [3.8, 4) is 0 Å². The Bertz CT molecular complexity index is 773. The molecule has 3 heterocycles. The van der Waals surface area contributed by atoms with Crippen molar-refractivity contribution in [2.24, 2.45) is 0 Å². The van der Waals surface area contributed by atoms with E-state index in [9.17, 15) is 9.90 Å². The first kappa shape index (κ1) is 16.7. The van der Waals surface area contributed by atoms with Crippen LogP contribution in [0, 0.1) is 6.92 Å². The number of carbonyl (C=O) groups is 1. The quantitative estimate of drug-likeness (QED) is 0.897. The summed E-state index contributed by atoms with van der Waals surface area (Å²) in [5.74, 6) is 0.137. The van der Waals surface area contributed by atoms with E-state index >= 15 is 0 Å². The minimum Gasteiger partial charge on any atom is -0.383 e. The van der Waals surface area contributed by atoms with E-state index in [1.807, 2.05) is 29.3 Å². The highest BCUT2D eigenvalue weighted by atomic mass is 32.1. The molecule has 0 radical (unpaired) electrons. The van der Waals surface area contributed by atoms with Crippen molar-refractivity contribution in [2.75, 3.05) is 13.1 Å². The van der Waals surface area contributed by atoms with E-state index in [0.717, 1.165) is 29.7 Å². The van der Waals surface area contributed by atoms with Crippen molar-refractivity contribution >= 4 is 17.2 Å². The van der Waals surface area contributed by atoms with E-state index in [0.29, 0.717) is 25.9 Å². The van der Waals surface area contributed by atoms with Crippen molar-refractivity contribution in [3.05, 3.63) is 51.0 Å². The van der Waals surface area contributed by atoms with E-state index in [1.54, 1.807) is 17.5 Å². The first-order chi connectivity index (χ1) is 12.1. The van der Waals surface area contributed by atoms with Gasteiger partial charge in [0.1, 0.15) is 5.60 Å². The number of amides is 1. The van der Waals surface area contributed by atoms with Crippen LogP contribution in [0.25, 0.3) is 0 Å². The third-order valence-electron chi connectivity index (χ3n) is 5.56. The number of nitrogens with zero attached hydrogens (tertiary/aromatic N) is 2. The molecule has 2 aromatic rings. The number of aryl methyl sites for hydroxylation is 2. The summed E-state index contributed by atoms with van der Waals surface area (Å²) < 4.78 is 0. The number of rotatable bonds is 2. The van der Waals surface area contributed by atoms with Crippen LogP contribution in [-0.4, -0.2) is 34.0 Å². The van der Waals surface area contributed by atoms with Crippen molar-refractivity contribution in [3.63, 3.8) is 0 Å². The van der Waals surface area contributed by atoms with Crippen LogP contribution >= 0.6 is 11.3 Å². The molecule has 4 rings (SSSR count). The first-order valence-corrected chi connectivity index (χ1v) is 9.99. The molecule has 2 aliphatic rings. The number of likely N-dealkylation sites (tertiary alicyclic amines) is 1. The summed E-state index contributed by atoms with van der Waals surface area (Å²) >= 11 is 1.74. The third-order valence-corrected chi connectivity index (χ3v) is 6.65. The number of thiophene rings is 1. The average molecular weight is 356 g/mol. The first-order valence-electron chi connectivity index (χ1n) is 9.11. The second kappa shape index (κ2) is 6.54. The fraction of sp³-hybridized carbons (Fsp3) is 0.500. The van der Waals surface area contributed by atoms with Gasteiger partial charge in [0.25, 0.3) is 5.91 Å². The molecule has 0 bridgehead atoms. The second-order valence-electron chi connectivity index (χ2n) is 7.30. The molecule has 1 aliphatic heterocycles. The summed E-state index contributed by atoms with van der Waals surface area (Å²) in [5.41, 5.74) is 3.07. The number of piperidine rings is 1. The number of aromatic nitrogens is 1. The Hall–Kier alpha value is -1.72. The summed E-state index contributed by atoms with van der Waals surface area (Å²) in [6.45, 7) is 3.15. The number of carbonyl (C=O) groups excluding carboxylic acids is 1.